The number of anilines is 1. The van der Waals surface area contributed by atoms with Gasteiger partial charge in [0, 0.05) is 23.8 Å². The highest BCUT2D eigenvalue weighted by molar-refractivity contribution is 7.92. The minimum absolute atomic E-state index is 0.0512. The highest BCUT2D eigenvalue weighted by Crippen LogP contribution is 2.19. The SMILES string of the molecule is O=c1ccc2cc(S(=O)(=O)Nc3ncc[nH]3)ccc2o1. The van der Waals surface area contributed by atoms with Crippen molar-refractivity contribution in [3.63, 3.8) is 0 Å². The molecule has 0 aliphatic carbocycles. The number of nitrogens with zero attached hydrogens (tertiary/aromatic N) is 1. The second-order valence-corrected chi connectivity index (χ2v) is 5.68. The summed E-state index contributed by atoms with van der Waals surface area (Å²) in [6.45, 7) is 0. The molecular formula is C12H9N3O4S. The number of rotatable bonds is 3. The maximum absolute atomic E-state index is 12.1. The number of aromatic nitrogens is 2. The van der Waals surface area contributed by atoms with E-state index < -0.39 is 15.6 Å². The monoisotopic (exact) mass is 291 g/mol. The Bertz CT molecular complexity index is 913. The molecule has 0 amide bonds. The second kappa shape index (κ2) is 4.49. The first-order chi connectivity index (χ1) is 9.54. The summed E-state index contributed by atoms with van der Waals surface area (Å²) in [5.74, 6) is 0.129. The molecule has 0 spiro atoms. The molecule has 0 aliphatic rings. The van der Waals surface area contributed by atoms with Gasteiger partial charge in [0.05, 0.1) is 4.90 Å². The molecule has 0 saturated heterocycles. The van der Waals surface area contributed by atoms with Gasteiger partial charge in [-0.15, -0.1) is 0 Å². The number of benzene rings is 1. The Labute approximate surface area is 113 Å². The number of hydrogen-bond donors (Lipinski definition) is 2. The molecule has 0 fully saturated rings. The van der Waals surface area contributed by atoms with Gasteiger partial charge in [0.25, 0.3) is 10.0 Å². The van der Waals surface area contributed by atoms with Crippen molar-refractivity contribution < 1.29 is 12.8 Å². The molecule has 102 valence electrons. The maximum Gasteiger partial charge on any atom is 0.336 e. The van der Waals surface area contributed by atoms with Gasteiger partial charge in [-0.1, -0.05) is 0 Å². The lowest BCUT2D eigenvalue weighted by Gasteiger charge is -2.06. The van der Waals surface area contributed by atoms with Gasteiger partial charge < -0.3 is 9.40 Å². The van der Waals surface area contributed by atoms with E-state index in [1.54, 1.807) is 0 Å². The Balaban J connectivity index is 2.05. The van der Waals surface area contributed by atoms with E-state index in [9.17, 15) is 13.2 Å². The van der Waals surface area contributed by atoms with Crippen LogP contribution in [-0.2, 0) is 10.0 Å². The largest absolute Gasteiger partial charge is 0.423 e. The summed E-state index contributed by atoms with van der Waals surface area (Å²) in [5.41, 5.74) is -0.156. The molecule has 8 heteroatoms. The molecule has 2 heterocycles. The summed E-state index contributed by atoms with van der Waals surface area (Å²) >= 11 is 0. The summed E-state index contributed by atoms with van der Waals surface area (Å²) < 4.78 is 31.5. The summed E-state index contributed by atoms with van der Waals surface area (Å²) in [5, 5.41) is 0.520. The highest BCUT2D eigenvalue weighted by Gasteiger charge is 2.16. The van der Waals surface area contributed by atoms with Crippen molar-refractivity contribution in [2.75, 3.05) is 4.72 Å². The van der Waals surface area contributed by atoms with Crippen molar-refractivity contribution in [2.45, 2.75) is 4.90 Å². The fourth-order valence-electron chi connectivity index (χ4n) is 1.72. The fourth-order valence-corrected chi connectivity index (χ4v) is 2.74. The number of H-pyrrole nitrogens is 1. The van der Waals surface area contributed by atoms with Crippen LogP contribution in [-0.4, -0.2) is 18.4 Å². The lowest BCUT2D eigenvalue weighted by molar-refractivity contribution is 0.560. The topological polar surface area (TPSA) is 105 Å². The molecule has 0 unspecified atom stereocenters. The lowest BCUT2D eigenvalue weighted by Crippen LogP contribution is -2.13. The smallest absolute Gasteiger partial charge is 0.336 e. The van der Waals surface area contributed by atoms with E-state index in [0.29, 0.717) is 11.0 Å². The number of nitrogens with one attached hydrogen (secondary N) is 2. The summed E-state index contributed by atoms with van der Waals surface area (Å²) in [7, 11) is -3.75. The zero-order valence-electron chi connectivity index (χ0n) is 10.0. The van der Waals surface area contributed by atoms with Crippen LogP contribution in [0.5, 0.6) is 0 Å². The van der Waals surface area contributed by atoms with Crippen molar-refractivity contribution in [1.82, 2.24) is 9.97 Å². The standard InChI is InChI=1S/C12H9N3O4S/c16-11-4-1-8-7-9(2-3-10(8)19-11)20(17,18)15-12-13-5-6-14-12/h1-7H,(H2,13,14,15). The Morgan fingerprint density at radius 2 is 2.05 bits per heavy atom. The quantitative estimate of drug-likeness (QED) is 0.708. The van der Waals surface area contributed by atoms with E-state index in [1.807, 2.05) is 0 Å². The van der Waals surface area contributed by atoms with Crippen LogP contribution in [0.15, 0.2) is 56.8 Å². The van der Waals surface area contributed by atoms with Crippen LogP contribution in [0, 0.1) is 0 Å². The van der Waals surface area contributed by atoms with Crippen molar-refractivity contribution >= 4 is 26.9 Å². The number of fused-ring (bicyclic) bond motifs is 1. The van der Waals surface area contributed by atoms with Gasteiger partial charge >= 0.3 is 5.63 Å². The van der Waals surface area contributed by atoms with Crippen LogP contribution in [0.25, 0.3) is 11.0 Å². The number of imidazole rings is 1. The summed E-state index contributed by atoms with van der Waals surface area (Å²) in [4.78, 5) is 17.6. The van der Waals surface area contributed by atoms with Crippen LogP contribution in [0.4, 0.5) is 5.95 Å². The van der Waals surface area contributed by atoms with Gasteiger partial charge in [-0.25, -0.2) is 22.9 Å². The van der Waals surface area contributed by atoms with E-state index in [2.05, 4.69) is 14.7 Å². The molecule has 2 aromatic heterocycles. The maximum atomic E-state index is 12.1. The first-order valence-corrected chi connectivity index (χ1v) is 7.09. The van der Waals surface area contributed by atoms with Crippen molar-refractivity contribution in [3.8, 4) is 0 Å². The molecule has 2 N–H and O–H groups in total. The van der Waals surface area contributed by atoms with E-state index in [0.717, 1.165) is 0 Å². The zero-order chi connectivity index (χ0) is 14.2. The average molecular weight is 291 g/mol. The molecule has 7 nitrogen and oxygen atoms in total. The molecule has 0 saturated carbocycles. The first-order valence-electron chi connectivity index (χ1n) is 5.61. The first kappa shape index (κ1) is 12.4. The molecule has 0 aliphatic heterocycles. The van der Waals surface area contributed by atoms with Crippen LogP contribution < -0.4 is 10.3 Å². The number of aromatic amines is 1. The summed E-state index contributed by atoms with van der Waals surface area (Å²) in [6.07, 6.45) is 2.94. The van der Waals surface area contributed by atoms with E-state index in [1.165, 1.54) is 42.7 Å². The number of hydrogen-bond acceptors (Lipinski definition) is 5. The van der Waals surface area contributed by atoms with E-state index in [-0.39, 0.29) is 10.8 Å². The van der Waals surface area contributed by atoms with Gasteiger partial charge in [0.2, 0.25) is 5.95 Å². The van der Waals surface area contributed by atoms with Crippen LogP contribution in [0.2, 0.25) is 0 Å². The van der Waals surface area contributed by atoms with E-state index in [4.69, 9.17) is 4.42 Å². The van der Waals surface area contributed by atoms with Crippen LogP contribution in [0.1, 0.15) is 0 Å². The van der Waals surface area contributed by atoms with Gasteiger partial charge in [-0.3, -0.25) is 0 Å². The minimum atomic E-state index is -3.75. The van der Waals surface area contributed by atoms with Crippen LogP contribution >= 0.6 is 0 Å². The zero-order valence-corrected chi connectivity index (χ0v) is 10.8. The highest BCUT2D eigenvalue weighted by atomic mass is 32.2. The van der Waals surface area contributed by atoms with Gasteiger partial charge in [0.1, 0.15) is 5.58 Å². The molecule has 0 bridgehead atoms. The third kappa shape index (κ3) is 2.28. The van der Waals surface area contributed by atoms with Gasteiger partial charge in [-0.2, -0.15) is 0 Å². The van der Waals surface area contributed by atoms with Crippen molar-refractivity contribution in [2.24, 2.45) is 0 Å². The normalized spacial score (nSPS) is 11.6. The second-order valence-electron chi connectivity index (χ2n) is 4.00. The third-order valence-electron chi connectivity index (χ3n) is 2.63. The van der Waals surface area contributed by atoms with Crippen molar-refractivity contribution in [3.05, 3.63) is 53.1 Å². The molecule has 3 rings (SSSR count). The van der Waals surface area contributed by atoms with Crippen molar-refractivity contribution in [1.29, 1.82) is 0 Å². The van der Waals surface area contributed by atoms with Crippen LogP contribution in [0.3, 0.4) is 0 Å². The molecule has 0 atom stereocenters. The lowest BCUT2D eigenvalue weighted by atomic mass is 10.2. The fraction of sp³-hybridized carbons (Fsp3) is 0. The predicted molar refractivity (Wildman–Crippen MR) is 71.9 cm³/mol. The van der Waals surface area contributed by atoms with Gasteiger partial charge in [0.15, 0.2) is 0 Å². The average Bonchev–Trinajstić information content (AvgIpc) is 2.90. The Morgan fingerprint density at radius 3 is 2.80 bits per heavy atom. The molecular weight excluding hydrogens is 282 g/mol. The predicted octanol–water partition coefficient (Wildman–Crippen LogP) is 1.32. The Kier molecular flexibility index (Phi) is 2.79. The number of sulfonamides is 1. The van der Waals surface area contributed by atoms with Gasteiger partial charge in [-0.05, 0) is 24.3 Å². The summed E-state index contributed by atoms with van der Waals surface area (Å²) in [6, 6.07) is 6.96. The molecule has 1 aromatic carbocycles. The third-order valence-corrected chi connectivity index (χ3v) is 3.97. The Morgan fingerprint density at radius 1 is 1.20 bits per heavy atom. The molecule has 20 heavy (non-hydrogen) atoms. The van der Waals surface area contributed by atoms with E-state index >= 15 is 0 Å². The minimum Gasteiger partial charge on any atom is -0.423 e. The molecule has 0 radical (unpaired) electrons. The molecule has 3 aromatic rings. The Hall–Kier alpha value is -2.61.